The lowest BCUT2D eigenvalue weighted by molar-refractivity contribution is -0.112. The van der Waals surface area contributed by atoms with E-state index in [0.29, 0.717) is 30.8 Å². The number of hydrogen-bond donors (Lipinski definition) is 6. The molecule has 0 bridgehead atoms. The predicted octanol–water partition coefficient (Wildman–Crippen LogP) is 3.37. The van der Waals surface area contributed by atoms with Gasteiger partial charge in [0.05, 0.1) is 6.54 Å². The number of unbranched alkanes of at least 4 members (excludes halogenated alkanes) is 1. The third kappa shape index (κ3) is 72.9. The third-order valence-corrected chi connectivity index (χ3v) is 4.39. The number of nitrogens with two attached hydrogens (primary N) is 1. The lowest BCUT2D eigenvalue weighted by Crippen LogP contribution is -2.41. The zero-order chi connectivity index (χ0) is 33.9. The molecule has 0 aliphatic carbocycles. The summed E-state index contributed by atoms with van der Waals surface area (Å²) in [6.45, 7) is 23.9. The molecule has 0 rings (SSSR count). The van der Waals surface area contributed by atoms with Crippen LogP contribution in [0.25, 0.3) is 0 Å². The molecule has 0 heterocycles. The van der Waals surface area contributed by atoms with E-state index in [-0.39, 0.29) is 5.92 Å². The van der Waals surface area contributed by atoms with Crippen molar-refractivity contribution in [3.63, 3.8) is 0 Å². The number of hydrogen-bond acceptors (Lipinski definition) is 10. The van der Waals surface area contributed by atoms with E-state index in [4.69, 9.17) is 9.90 Å². The number of nitrogens with one attached hydrogen (secondary N) is 4. The number of carbonyl (C=O) groups excluding carboxylic acids is 4. The van der Waals surface area contributed by atoms with Crippen molar-refractivity contribution in [2.45, 2.75) is 93.0 Å². The first-order valence-electron chi connectivity index (χ1n) is 14.7. The smallest absolute Gasteiger partial charge is 0.133 e. The second kappa shape index (κ2) is 57.8. The van der Waals surface area contributed by atoms with E-state index >= 15 is 0 Å². The van der Waals surface area contributed by atoms with Gasteiger partial charge in [0.2, 0.25) is 0 Å². The molecule has 10 heteroatoms. The molecule has 0 saturated heterocycles. The molecule has 0 aromatic rings. The largest absolute Gasteiger partial charge is 0.400 e. The Labute approximate surface area is 254 Å². The molecule has 0 aromatic heterocycles. The van der Waals surface area contributed by atoms with Gasteiger partial charge in [0, 0.05) is 44.3 Å². The van der Waals surface area contributed by atoms with E-state index in [1.54, 1.807) is 0 Å². The Hall–Kier alpha value is -1.98. The van der Waals surface area contributed by atoms with Crippen molar-refractivity contribution in [3.8, 4) is 0 Å². The van der Waals surface area contributed by atoms with Crippen LogP contribution in [0.2, 0.25) is 0 Å². The van der Waals surface area contributed by atoms with Gasteiger partial charge in [0.1, 0.15) is 25.6 Å². The number of aliphatic hydroxyl groups is 1. The quantitative estimate of drug-likeness (QED) is 0.103. The summed E-state index contributed by atoms with van der Waals surface area (Å²) >= 11 is 0. The lowest BCUT2D eigenvalue weighted by Gasteiger charge is -2.23. The van der Waals surface area contributed by atoms with Crippen molar-refractivity contribution in [2.75, 3.05) is 54.4 Å². The van der Waals surface area contributed by atoms with Crippen LogP contribution in [0, 0.1) is 17.8 Å². The molecule has 0 aliphatic rings. The maximum atomic E-state index is 10.5. The monoisotopic (exact) mass is 594 g/mol. The Kier molecular flexibility index (Phi) is 77.6. The van der Waals surface area contributed by atoms with Gasteiger partial charge >= 0.3 is 0 Å². The number of aliphatic hydroxyl groups excluding tert-OH is 1. The molecule has 250 valence electrons. The SMILES string of the molecule is C=C(CNC)NC(CNCC=O)CC(C)C.C=O.CC(C)CC(C=O)CCCC=O.CCC.CCNC.CN.CO. The Balaban J connectivity index is -0.0000000809. The molecule has 0 fully saturated rings. The second-order valence-electron chi connectivity index (χ2n) is 9.47. The van der Waals surface area contributed by atoms with Gasteiger partial charge in [-0.1, -0.05) is 61.5 Å². The second-order valence-corrected chi connectivity index (χ2v) is 9.47. The van der Waals surface area contributed by atoms with Gasteiger partial charge in [-0.25, -0.2) is 0 Å². The average Bonchev–Trinajstić information content (AvgIpc) is 2.96. The summed E-state index contributed by atoms with van der Waals surface area (Å²) < 4.78 is 0. The first-order chi connectivity index (χ1) is 19.6. The van der Waals surface area contributed by atoms with Crippen LogP contribution >= 0.6 is 0 Å². The number of likely N-dealkylation sites (N-methyl/N-ethyl adjacent to an activating group) is 1. The van der Waals surface area contributed by atoms with Crippen molar-refractivity contribution in [1.82, 2.24) is 21.3 Å². The molecule has 2 unspecified atom stereocenters. The van der Waals surface area contributed by atoms with Crippen LogP contribution in [-0.2, 0) is 19.2 Å². The van der Waals surface area contributed by atoms with Crippen LogP contribution in [0.5, 0.6) is 0 Å². The first kappa shape index (κ1) is 55.0. The highest BCUT2D eigenvalue weighted by Crippen LogP contribution is 2.15. The minimum atomic E-state index is 0.157. The van der Waals surface area contributed by atoms with Gasteiger partial charge in [0.25, 0.3) is 0 Å². The van der Waals surface area contributed by atoms with Crippen LogP contribution in [0.1, 0.15) is 87.0 Å². The van der Waals surface area contributed by atoms with Crippen molar-refractivity contribution < 1.29 is 24.3 Å². The van der Waals surface area contributed by atoms with E-state index in [1.807, 2.05) is 20.9 Å². The molecule has 0 aromatic carbocycles. The highest BCUT2D eigenvalue weighted by atomic mass is 16.2. The fourth-order valence-corrected chi connectivity index (χ4v) is 2.94. The molecule has 0 spiro atoms. The Morgan fingerprint density at radius 2 is 1.34 bits per heavy atom. The number of aldehydes is 3. The average molecular weight is 594 g/mol. The van der Waals surface area contributed by atoms with Crippen molar-refractivity contribution in [1.29, 1.82) is 0 Å². The van der Waals surface area contributed by atoms with Crippen LogP contribution < -0.4 is 27.0 Å². The van der Waals surface area contributed by atoms with Crippen molar-refractivity contribution >= 4 is 25.6 Å². The molecule has 0 amide bonds. The van der Waals surface area contributed by atoms with Crippen molar-refractivity contribution in [2.24, 2.45) is 23.5 Å². The number of rotatable bonds is 18. The summed E-state index contributed by atoms with van der Waals surface area (Å²) in [5.74, 6) is 1.35. The summed E-state index contributed by atoms with van der Waals surface area (Å²) in [5.41, 5.74) is 5.49. The Morgan fingerprint density at radius 1 is 0.878 bits per heavy atom. The van der Waals surface area contributed by atoms with E-state index in [2.05, 4.69) is 82.0 Å². The summed E-state index contributed by atoms with van der Waals surface area (Å²) in [7, 11) is 6.33. The predicted molar refractivity (Wildman–Crippen MR) is 178 cm³/mol. The zero-order valence-electron chi connectivity index (χ0n) is 28.7. The fraction of sp³-hybridized carbons (Fsp3) is 0.806. The van der Waals surface area contributed by atoms with E-state index in [0.717, 1.165) is 77.0 Å². The molecule has 7 N–H and O–H groups in total. The van der Waals surface area contributed by atoms with Crippen LogP contribution in [0.15, 0.2) is 12.3 Å². The fourth-order valence-electron chi connectivity index (χ4n) is 2.94. The number of carbonyl (C=O) groups is 4. The molecule has 0 aliphatic heterocycles. The van der Waals surface area contributed by atoms with Gasteiger partial charge in [-0.15, -0.1) is 0 Å². The summed E-state index contributed by atoms with van der Waals surface area (Å²) in [4.78, 5) is 38.8. The third-order valence-electron chi connectivity index (χ3n) is 4.39. The summed E-state index contributed by atoms with van der Waals surface area (Å²) in [5, 5.41) is 19.5. The molecular formula is C31H71N5O5. The van der Waals surface area contributed by atoms with Crippen LogP contribution in [0.4, 0.5) is 0 Å². The molecule has 0 radical (unpaired) electrons. The van der Waals surface area contributed by atoms with Crippen LogP contribution in [-0.4, -0.2) is 91.2 Å². The van der Waals surface area contributed by atoms with E-state index in [9.17, 15) is 14.4 Å². The van der Waals surface area contributed by atoms with Gasteiger partial charge in [-0.05, 0) is 65.2 Å². The van der Waals surface area contributed by atoms with E-state index in [1.165, 1.54) is 13.5 Å². The van der Waals surface area contributed by atoms with Crippen molar-refractivity contribution in [3.05, 3.63) is 12.3 Å². The molecule has 0 saturated carbocycles. The zero-order valence-corrected chi connectivity index (χ0v) is 28.7. The molecule has 41 heavy (non-hydrogen) atoms. The first-order valence-corrected chi connectivity index (χ1v) is 14.7. The normalized spacial score (nSPS) is 10.2. The Morgan fingerprint density at radius 3 is 1.66 bits per heavy atom. The highest BCUT2D eigenvalue weighted by Gasteiger charge is 2.10. The standard InChI is InChI=1S/C12H25N3O.C10H18O2.C3H9N.C3H8.CH5N.CH4O.CH2O/c1-10(2)7-12(9-14-5-6-16)15-11(3)8-13-4;1-9(2)7-10(8-12)5-3-4-6-11;1-3-4-2;1-3-2;3*1-2/h6,10,12-15H,3,5,7-9H2,1-2,4H3;6,8-10H,3-5,7H2,1-2H3;4H,3H2,1-2H3;3H2,1-2H3;2H2,1H3;2H,1H3;1H2. The van der Waals surface area contributed by atoms with Crippen LogP contribution in [0.3, 0.4) is 0 Å². The van der Waals surface area contributed by atoms with Gasteiger partial charge in [-0.2, -0.15) is 0 Å². The molecule has 2 atom stereocenters. The highest BCUT2D eigenvalue weighted by molar-refractivity contribution is 5.54. The maximum Gasteiger partial charge on any atom is 0.133 e. The molecular weight excluding hydrogens is 522 g/mol. The topological polar surface area (TPSA) is 163 Å². The minimum absolute atomic E-state index is 0.157. The minimum Gasteiger partial charge on any atom is -0.400 e. The lowest BCUT2D eigenvalue weighted by atomic mass is 9.94. The van der Waals surface area contributed by atoms with E-state index < -0.39 is 0 Å². The Bertz CT molecular complexity index is 480. The maximum absolute atomic E-state index is 10.5. The van der Waals surface area contributed by atoms with Gasteiger partial charge in [0.15, 0.2) is 0 Å². The van der Waals surface area contributed by atoms with Gasteiger partial charge in [-0.3, -0.25) is 0 Å². The van der Waals surface area contributed by atoms with Gasteiger partial charge < -0.3 is 51.3 Å². The summed E-state index contributed by atoms with van der Waals surface area (Å²) in [6, 6.07) is 0.334. The molecule has 10 nitrogen and oxygen atoms in total. The summed E-state index contributed by atoms with van der Waals surface area (Å²) in [6.07, 6.45) is 8.37.